The van der Waals surface area contributed by atoms with Crippen molar-refractivity contribution in [2.45, 2.75) is 77.1 Å². The number of hydrogen-bond donors (Lipinski definition) is 1. The first-order chi connectivity index (χ1) is 18.2. The molecule has 0 fully saturated rings. The molecular weight excluding hydrogens is 525 g/mol. The number of benzene rings is 2. The molecule has 1 N–H and O–H groups in total. The van der Waals surface area contributed by atoms with E-state index in [1.165, 1.54) is 24.1 Å². The summed E-state index contributed by atoms with van der Waals surface area (Å²) >= 11 is 0. The van der Waals surface area contributed by atoms with Crippen LogP contribution < -0.4 is 9.16 Å². The van der Waals surface area contributed by atoms with E-state index < -0.39 is 32.2 Å². The van der Waals surface area contributed by atoms with Crippen LogP contribution in [0.5, 0.6) is 11.5 Å². The number of carbonyl (C=O) groups is 1. The van der Waals surface area contributed by atoms with Crippen LogP contribution in [0.4, 0.5) is 13.2 Å². The Balaban J connectivity index is 1.90. The number of fused-ring (bicyclic) bond motifs is 2. The van der Waals surface area contributed by atoms with Gasteiger partial charge < -0.3 is 19.2 Å². The number of amides is 1. The first kappa shape index (κ1) is 28.9. The smallest absolute Gasteiger partial charge is 0.416 e. The fraction of sp³-hybridized carbons (Fsp3) is 0.448. The monoisotopic (exact) mass is 560 g/mol. The molecule has 210 valence electrons. The van der Waals surface area contributed by atoms with Gasteiger partial charge in [-0.05, 0) is 46.5 Å². The predicted octanol–water partition coefficient (Wildman–Crippen LogP) is 7.46. The molecule has 39 heavy (non-hydrogen) atoms. The Morgan fingerprint density at radius 3 is 2.10 bits per heavy atom. The number of nitrogens with zero attached hydrogens (tertiary/aromatic N) is 2. The molecule has 1 unspecified atom stereocenters. The molecule has 3 aromatic rings. The standard InChI is InChI=1S/C29H35F3N2O4Si/c1-16(2)39(17(3)4,18(5)6)38-26-23-22(25(37-7)21-9-8-14-33-24(21)26)27(35)34(28(23)36)15-19-10-12-20(13-11-19)29(30,31)32/h8-14,16-18,27,35H,15H2,1-7H3. The average Bonchev–Trinajstić information content (AvgIpc) is 3.11. The van der Waals surface area contributed by atoms with Crippen LogP contribution in [0, 0.1) is 0 Å². The molecule has 10 heteroatoms. The highest BCUT2D eigenvalue weighted by Gasteiger charge is 2.50. The van der Waals surface area contributed by atoms with Crippen molar-refractivity contribution in [1.82, 2.24) is 9.88 Å². The van der Waals surface area contributed by atoms with Gasteiger partial charge in [0, 0.05) is 18.1 Å². The SMILES string of the molecule is COc1c2c(c(O[Si](C(C)C)(C(C)C)C(C)C)c3ncccc13)C(=O)N(Cc1ccc(C(F)(F)F)cc1)C2O. The van der Waals surface area contributed by atoms with E-state index in [4.69, 9.17) is 9.16 Å². The molecule has 2 aromatic carbocycles. The lowest BCUT2D eigenvalue weighted by Gasteiger charge is -2.42. The van der Waals surface area contributed by atoms with Crippen LogP contribution in [0.15, 0.2) is 42.6 Å². The molecular formula is C29H35F3N2O4Si. The van der Waals surface area contributed by atoms with Crippen LogP contribution in [0.2, 0.25) is 16.6 Å². The maximum atomic E-state index is 14.0. The zero-order valence-corrected chi connectivity index (χ0v) is 24.3. The zero-order chi connectivity index (χ0) is 28.9. The van der Waals surface area contributed by atoms with E-state index in [0.29, 0.717) is 28.0 Å². The molecule has 0 bridgehead atoms. The summed E-state index contributed by atoms with van der Waals surface area (Å²) in [4.78, 5) is 19.8. The second-order valence-corrected chi connectivity index (χ2v) is 16.3. The van der Waals surface area contributed by atoms with Crippen molar-refractivity contribution in [2.75, 3.05) is 7.11 Å². The number of aliphatic hydroxyl groups is 1. The maximum absolute atomic E-state index is 14.0. The van der Waals surface area contributed by atoms with Crippen molar-refractivity contribution in [1.29, 1.82) is 0 Å². The largest absolute Gasteiger partial charge is 0.541 e. The van der Waals surface area contributed by atoms with Crippen molar-refractivity contribution in [2.24, 2.45) is 0 Å². The van der Waals surface area contributed by atoms with Crippen molar-refractivity contribution in [3.05, 3.63) is 64.8 Å². The minimum Gasteiger partial charge on any atom is -0.541 e. The van der Waals surface area contributed by atoms with E-state index in [-0.39, 0.29) is 34.3 Å². The van der Waals surface area contributed by atoms with E-state index in [0.717, 1.165) is 12.1 Å². The Morgan fingerprint density at radius 1 is 1.00 bits per heavy atom. The lowest BCUT2D eigenvalue weighted by Crippen LogP contribution is -2.51. The summed E-state index contributed by atoms with van der Waals surface area (Å²) in [7, 11) is -1.10. The van der Waals surface area contributed by atoms with Crippen molar-refractivity contribution < 1.29 is 32.2 Å². The van der Waals surface area contributed by atoms with Crippen LogP contribution in [-0.2, 0) is 12.7 Å². The first-order valence-electron chi connectivity index (χ1n) is 13.1. The molecule has 0 radical (unpaired) electrons. The van der Waals surface area contributed by atoms with Crippen molar-refractivity contribution in [3.63, 3.8) is 0 Å². The van der Waals surface area contributed by atoms with Gasteiger partial charge in [-0.25, -0.2) is 0 Å². The van der Waals surface area contributed by atoms with Gasteiger partial charge in [0.05, 0.1) is 23.8 Å². The van der Waals surface area contributed by atoms with Crippen molar-refractivity contribution >= 4 is 25.1 Å². The number of hydrogen-bond acceptors (Lipinski definition) is 5. The quantitative estimate of drug-likeness (QED) is 0.290. The Morgan fingerprint density at radius 2 is 1.59 bits per heavy atom. The summed E-state index contributed by atoms with van der Waals surface area (Å²) in [6.45, 7) is 12.7. The summed E-state index contributed by atoms with van der Waals surface area (Å²) < 4.78 is 52.0. The third kappa shape index (κ3) is 4.78. The molecule has 1 amide bonds. The average molecular weight is 561 g/mol. The van der Waals surface area contributed by atoms with Gasteiger partial charge in [0.2, 0.25) is 0 Å². The fourth-order valence-corrected chi connectivity index (χ4v) is 11.4. The van der Waals surface area contributed by atoms with Crippen LogP contribution in [0.1, 0.15) is 74.8 Å². The van der Waals surface area contributed by atoms with Crippen LogP contribution in [-0.4, -0.2) is 36.3 Å². The van der Waals surface area contributed by atoms with Crippen LogP contribution >= 0.6 is 0 Å². The third-order valence-corrected chi connectivity index (χ3v) is 13.8. The van der Waals surface area contributed by atoms with Gasteiger partial charge in [-0.2, -0.15) is 13.2 Å². The van der Waals surface area contributed by atoms with Gasteiger partial charge >= 0.3 is 6.18 Å². The number of halogens is 3. The zero-order valence-electron chi connectivity index (χ0n) is 23.3. The van der Waals surface area contributed by atoms with Crippen LogP contribution in [0.3, 0.4) is 0 Å². The van der Waals surface area contributed by atoms with Gasteiger partial charge in [0.15, 0.2) is 6.23 Å². The first-order valence-corrected chi connectivity index (χ1v) is 15.2. The number of pyridine rings is 1. The summed E-state index contributed by atoms with van der Waals surface area (Å²) in [5.41, 5.74) is 1.23. The Kier molecular flexibility index (Phi) is 7.75. The lowest BCUT2D eigenvalue weighted by molar-refractivity contribution is -0.137. The number of rotatable bonds is 8. The number of methoxy groups -OCH3 is 1. The summed E-state index contributed by atoms with van der Waals surface area (Å²) in [5.74, 6) is 0.169. The van der Waals surface area contributed by atoms with Gasteiger partial charge in [0.25, 0.3) is 14.2 Å². The molecule has 0 aliphatic carbocycles. The second-order valence-electron chi connectivity index (χ2n) is 11.0. The minimum absolute atomic E-state index is 0.0969. The molecule has 1 aliphatic heterocycles. The molecule has 1 aliphatic rings. The number of ether oxygens (including phenoxy) is 1. The van der Waals surface area contributed by atoms with E-state index in [9.17, 15) is 23.1 Å². The van der Waals surface area contributed by atoms with Gasteiger partial charge in [0.1, 0.15) is 17.0 Å². The number of aromatic nitrogens is 1. The highest BCUT2D eigenvalue weighted by atomic mass is 28.4. The Hall–Kier alpha value is -3.11. The predicted molar refractivity (Wildman–Crippen MR) is 146 cm³/mol. The van der Waals surface area contributed by atoms with E-state index >= 15 is 0 Å². The number of alkyl halides is 3. The molecule has 0 saturated carbocycles. The minimum atomic E-state index is -4.47. The van der Waals surface area contributed by atoms with Crippen LogP contribution in [0.25, 0.3) is 10.9 Å². The van der Waals surface area contributed by atoms with E-state index in [1.54, 1.807) is 12.3 Å². The molecule has 0 saturated heterocycles. The molecule has 4 rings (SSSR count). The molecule has 1 aromatic heterocycles. The fourth-order valence-electron chi connectivity index (χ4n) is 6.14. The molecule has 2 heterocycles. The highest BCUT2D eigenvalue weighted by molar-refractivity contribution is 6.78. The van der Waals surface area contributed by atoms with Crippen molar-refractivity contribution in [3.8, 4) is 11.5 Å². The Bertz CT molecular complexity index is 1350. The second kappa shape index (κ2) is 10.5. The lowest BCUT2D eigenvalue weighted by atomic mass is 10.0. The van der Waals surface area contributed by atoms with Gasteiger partial charge in [-0.3, -0.25) is 9.78 Å². The third-order valence-electron chi connectivity index (χ3n) is 7.86. The molecule has 0 spiro atoms. The summed E-state index contributed by atoms with van der Waals surface area (Å²) in [6, 6.07) is 8.13. The highest BCUT2D eigenvalue weighted by Crippen LogP contribution is 2.52. The van der Waals surface area contributed by atoms with E-state index in [1.807, 2.05) is 6.07 Å². The summed E-state index contributed by atoms with van der Waals surface area (Å²) in [6.07, 6.45) is -4.23. The number of carbonyl (C=O) groups excluding carboxylic acids is 1. The summed E-state index contributed by atoms with van der Waals surface area (Å²) in [5, 5.41) is 12.1. The Labute approximate surface area is 227 Å². The van der Waals surface area contributed by atoms with Gasteiger partial charge in [-0.1, -0.05) is 53.7 Å². The van der Waals surface area contributed by atoms with E-state index in [2.05, 4.69) is 46.5 Å². The number of aliphatic hydroxyl groups excluding tert-OH is 1. The normalized spacial score (nSPS) is 16.1. The molecule has 6 nitrogen and oxygen atoms in total. The molecule has 1 atom stereocenters. The maximum Gasteiger partial charge on any atom is 0.416 e. The van der Waals surface area contributed by atoms with Gasteiger partial charge in [-0.15, -0.1) is 0 Å². The topological polar surface area (TPSA) is 71.9 Å².